The SMILES string of the molecule is CCOc1ccc(C2SCC(=O)Nc3c2c(C)nn3-c2nc3ccc(OC)cc3s2)cc1OC. The number of thioether (sulfide) groups is 1. The van der Waals surface area contributed by atoms with Gasteiger partial charge in [-0.25, -0.2) is 4.98 Å². The van der Waals surface area contributed by atoms with Crippen molar-refractivity contribution in [1.82, 2.24) is 14.8 Å². The lowest BCUT2D eigenvalue weighted by Gasteiger charge is -2.17. The van der Waals surface area contributed by atoms with Crippen LogP contribution in [0.4, 0.5) is 5.82 Å². The van der Waals surface area contributed by atoms with Crippen molar-refractivity contribution in [3.05, 3.63) is 53.2 Å². The molecule has 0 fully saturated rings. The number of amides is 1. The number of nitrogens with zero attached hydrogens (tertiary/aromatic N) is 3. The van der Waals surface area contributed by atoms with E-state index in [9.17, 15) is 4.79 Å². The molecule has 3 heterocycles. The number of ether oxygens (including phenoxy) is 3. The zero-order valence-corrected chi connectivity index (χ0v) is 20.9. The van der Waals surface area contributed by atoms with E-state index in [0.29, 0.717) is 34.8 Å². The molecular weight excluding hydrogens is 472 g/mol. The third kappa shape index (κ3) is 3.97. The summed E-state index contributed by atoms with van der Waals surface area (Å²) in [4.78, 5) is 17.4. The van der Waals surface area contributed by atoms with E-state index in [4.69, 9.17) is 24.3 Å². The number of aromatic nitrogens is 3. The summed E-state index contributed by atoms with van der Waals surface area (Å²) in [5.41, 5.74) is 3.66. The Morgan fingerprint density at radius 1 is 1.15 bits per heavy atom. The molecule has 0 bridgehead atoms. The average molecular weight is 497 g/mol. The van der Waals surface area contributed by atoms with Crippen LogP contribution < -0.4 is 19.5 Å². The highest BCUT2D eigenvalue weighted by atomic mass is 32.2. The number of anilines is 1. The van der Waals surface area contributed by atoms with Crippen molar-refractivity contribution in [3.8, 4) is 22.4 Å². The van der Waals surface area contributed by atoms with Gasteiger partial charge in [0.05, 0.1) is 47.7 Å². The lowest BCUT2D eigenvalue weighted by atomic mass is 10.0. The van der Waals surface area contributed by atoms with Gasteiger partial charge in [-0.1, -0.05) is 17.4 Å². The lowest BCUT2D eigenvalue weighted by molar-refractivity contribution is -0.113. The van der Waals surface area contributed by atoms with Crippen LogP contribution in [0.1, 0.15) is 29.0 Å². The molecule has 1 atom stereocenters. The van der Waals surface area contributed by atoms with E-state index in [1.165, 1.54) is 11.3 Å². The minimum Gasteiger partial charge on any atom is -0.497 e. The van der Waals surface area contributed by atoms with E-state index in [0.717, 1.165) is 32.8 Å². The second-order valence-electron chi connectivity index (χ2n) is 7.67. The first-order chi connectivity index (χ1) is 16.5. The summed E-state index contributed by atoms with van der Waals surface area (Å²) in [6.45, 7) is 4.45. The van der Waals surface area contributed by atoms with Crippen LogP contribution >= 0.6 is 23.1 Å². The van der Waals surface area contributed by atoms with Crippen molar-refractivity contribution in [2.75, 3.05) is 31.9 Å². The maximum Gasteiger partial charge on any atom is 0.235 e. The van der Waals surface area contributed by atoms with Crippen molar-refractivity contribution in [1.29, 1.82) is 0 Å². The standard InChI is InChI=1S/C24H24N4O4S2/c1-5-32-17-9-6-14(10-18(17)31-4)22-21-13(2)27-28(23(21)26-20(29)12-33-22)24-25-16-8-7-15(30-3)11-19(16)34-24/h6-11,22H,5,12H2,1-4H3,(H,26,29). The fourth-order valence-electron chi connectivity index (χ4n) is 4.02. The summed E-state index contributed by atoms with van der Waals surface area (Å²) < 4.78 is 19.3. The smallest absolute Gasteiger partial charge is 0.235 e. The first-order valence-electron chi connectivity index (χ1n) is 10.8. The van der Waals surface area contributed by atoms with Crippen LogP contribution in [-0.2, 0) is 4.79 Å². The summed E-state index contributed by atoms with van der Waals surface area (Å²) in [6.07, 6.45) is 0. The van der Waals surface area contributed by atoms with Gasteiger partial charge < -0.3 is 19.5 Å². The van der Waals surface area contributed by atoms with Crippen LogP contribution in [0.2, 0.25) is 0 Å². The molecule has 34 heavy (non-hydrogen) atoms. The zero-order chi connectivity index (χ0) is 23.8. The van der Waals surface area contributed by atoms with Gasteiger partial charge in [0.1, 0.15) is 11.6 Å². The molecule has 1 aliphatic rings. The van der Waals surface area contributed by atoms with Gasteiger partial charge in [0.2, 0.25) is 11.0 Å². The second-order valence-corrected chi connectivity index (χ2v) is 9.77. The van der Waals surface area contributed by atoms with Gasteiger partial charge in [0.15, 0.2) is 11.5 Å². The highest BCUT2D eigenvalue weighted by Gasteiger charge is 2.32. The molecule has 1 unspecified atom stereocenters. The molecule has 0 radical (unpaired) electrons. The number of fused-ring (bicyclic) bond motifs is 2. The van der Waals surface area contributed by atoms with Crippen LogP contribution in [0.25, 0.3) is 15.3 Å². The Bertz CT molecular complexity index is 1380. The molecule has 2 aromatic heterocycles. The van der Waals surface area contributed by atoms with Gasteiger partial charge in [-0.2, -0.15) is 9.78 Å². The van der Waals surface area contributed by atoms with Gasteiger partial charge in [-0.3, -0.25) is 4.79 Å². The number of hydrogen-bond acceptors (Lipinski definition) is 8. The molecule has 5 rings (SSSR count). The molecular formula is C24H24N4O4S2. The summed E-state index contributed by atoms with van der Waals surface area (Å²) in [5.74, 6) is 3.03. The quantitative estimate of drug-likeness (QED) is 0.403. The van der Waals surface area contributed by atoms with E-state index in [2.05, 4.69) is 5.32 Å². The van der Waals surface area contributed by atoms with E-state index >= 15 is 0 Å². The van der Waals surface area contributed by atoms with Crippen molar-refractivity contribution in [2.24, 2.45) is 0 Å². The van der Waals surface area contributed by atoms with E-state index in [1.807, 2.05) is 50.2 Å². The van der Waals surface area contributed by atoms with Crippen molar-refractivity contribution >= 4 is 45.0 Å². The van der Waals surface area contributed by atoms with Gasteiger partial charge in [0, 0.05) is 5.56 Å². The number of carbonyl (C=O) groups is 1. The van der Waals surface area contributed by atoms with Crippen LogP contribution in [0, 0.1) is 6.92 Å². The van der Waals surface area contributed by atoms with Crippen LogP contribution in [0.15, 0.2) is 36.4 Å². The topological polar surface area (TPSA) is 87.5 Å². The van der Waals surface area contributed by atoms with Crippen LogP contribution in [0.3, 0.4) is 0 Å². The summed E-state index contributed by atoms with van der Waals surface area (Å²) in [7, 11) is 3.27. The molecule has 1 amide bonds. The molecule has 0 saturated heterocycles. The van der Waals surface area contributed by atoms with Crippen LogP contribution in [0.5, 0.6) is 17.2 Å². The van der Waals surface area contributed by atoms with Gasteiger partial charge in [0.25, 0.3) is 0 Å². The predicted octanol–water partition coefficient (Wildman–Crippen LogP) is 4.98. The normalized spacial score (nSPS) is 15.5. The number of methoxy groups -OCH3 is 2. The molecule has 176 valence electrons. The summed E-state index contributed by atoms with van der Waals surface area (Å²) in [5, 5.41) is 8.43. The third-order valence-electron chi connectivity index (χ3n) is 5.56. The molecule has 2 aromatic carbocycles. The zero-order valence-electron chi connectivity index (χ0n) is 19.2. The fourth-order valence-corrected chi connectivity index (χ4v) is 6.15. The van der Waals surface area contributed by atoms with Crippen molar-refractivity contribution < 1.29 is 19.0 Å². The van der Waals surface area contributed by atoms with Crippen molar-refractivity contribution in [2.45, 2.75) is 19.1 Å². The molecule has 0 aliphatic carbocycles. The number of hydrogen-bond donors (Lipinski definition) is 1. The molecule has 0 spiro atoms. The average Bonchev–Trinajstić information content (AvgIpc) is 3.34. The maximum atomic E-state index is 12.7. The number of rotatable bonds is 6. The number of aryl methyl sites for hydroxylation is 1. The molecule has 8 nitrogen and oxygen atoms in total. The number of carbonyl (C=O) groups excluding carboxylic acids is 1. The van der Waals surface area contributed by atoms with E-state index in [1.54, 1.807) is 30.7 Å². The van der Waals surface area contributed by atoms with E-state index in [-0.39, 0.29) is 11.2 Å². The Morgan fingerprint density at radius 2 is 2.00 bits per heavy atom. The first-order valence-corrected chi connectivity index (χ1v) is 12.7. The predicted molar refractivity (Wildman–Crippen MR) is 135 cm³/mol. The molecule has 0 saturated carbocycles. The highest BCUT2D eigenvalue weighted by molar-refractivity contribution is 8.00. The Hall–Kier alpha value is -3.24. The number of thiazole rings is 1. The number of benzene rings is 2. The van der Waals surface area contributed by atoms with E-state index < -0.39 is 0 Å². The first kappa shape index (κ1) is 22.5. The Morgan fingerprint density at radius 3 is 2.76 bits per heavy atom. The van der Waals surface area contributed by atoms with Gasteiger partial charge >= 0.3 is 0 Å². The summed E-state index contributed by atoms with van der Waals surface area (Å²) >= 11 is 3.06. The minimum atomic E-state index is -0.109. The highest BCUT2D eigenvalue weighted by Crippen LogP contribution is 2.46. The summed E-state index contributed by atoms with van der Waals surface area (Å²) in [6, 6.07) is 11.7. The fraction of sp³-hybridized carbons (Fsp3) is 0.292. The largest absolute Gasteiger partial charge is 0.497 e. The Kier molecular flexibility index (Phi) is 6.09. The van der Waals surface area contributed by atoms with Gasteiger partial charge in [-0.05, 0) is 49.7 Å². The molecule has 4 aromatic rings. The lowest BCUT2D eigenvalue weighted by Crippen LogP contribution is -2.15. The monoisotopic (exact) mass is 496 g/mol. The Labute approximate surface area is 205 Å². The van der Waals surface area contributed by atoms with Gasteiger partial charge in [-0.15, -0.1) is 11.8 Å². The third-order valence-corrected chi connectivity index (χ3v) is 7.83. The minimum absolute atomic E-state index is 0.0735. The van der Waals surface area contributed by atoms with Crippen LogP contribution in [-0.4, -0.2) is 47.3 Å². The second kappa shape index (κ2) is 9.19. The maximum absolute atomic E-state index is 12.7. The molecule has 10 heteroatoms. The Balaban J connectivity index is 1.62. The van der Waals surface area contributed by atoms with Crippen molar-refractivity contribution in [3.63, 3.8) is 0 Å². The number of nitrogens with one attached hydrogen (secondary N) is 1. The molecule has 1 aliphatic heterocycles. The molecule has 1 N–H and O–H groups in total.